The van der Waals surface area contributed by atoms with Gasteiger partial charge in [0.2, 0.25) is 0 Å². The molecule has 0 unspecified atom stereocenters. The number of hydrogen-bond acceptors (Lipinski definition) is 4. The van der Waals surface area contributed by atoms with Crippen LogP contribution >= 0.6 is 22.9 Å². The number of rotatable bonds is 6. The normalized spacial score (nSPS) is 11.2. The Bertz CT molecular complexity index is 1200. The van der Waals surface area contributed by atoms with Gasteiger partial charge in [-0.15, -0.1) is 11.3 Å². The predicted molar refractivity (Wildman–Crippen MR) is 123 cm³/mol. The van der Waals surface area contributed by atoms with Crippen LogP contribution in [0, 0.1) is 5.92 Å². The monoisotopic (exact) mass is 439 g/mol. The summed E-state index contributed by atoms with van der Waals surface area (Å²) in [6.07, 6.45) is 3.09. The smallest absolute Gasteiger partial charge is 0.256 e. The van der Waals surface area contributed by atoms with E-state index in [2.05, 4.69) is 36.4 Å². The number of carbonyl (C=O) groups is 1. The van der Waals surface area contributed by atoms with Crippen molar-refractivity contribution < 1.29 is 9.53 Å². The lowest BCUT2D eigenvalue weighted by atomic mass is 10.0. The van der Waals surface area contributed by atoms with Gasteiger partial charge in [-0.05, 0) is 54.3 Å². The van der Waals surface area contributed by atoms with Crippen molar-refractivity contribution in [2.24, 2.45) is 5.92 Å². The van der Waals surface area contributed by atoms with Crippen LogP contribution in [0.25, 0.3) is 16.0 Å². The van der Waals surface area contributed by atoms with Crippen molar-refractivity contribution in [1.29, 1.82) is 0 Å². The molecule has 0 spiro atoms. The summed E-state index contributed by atoms with van der Waals surface area (Å²) < 4.78 is 7.18. The minimum absolute atomic E-state index is 0.213. The Hall–Kier alpha value is -2.83. The zero-order valence-electron chi connectivity index (χ0n) is 17.0. The molecule has 0 saturated heterocycles. The predicted octanol–water partition coefficient (Wildman–Crippen LogP) is 6.20. The maximum Gasteiger partial charge on any atom is 0.256 e. The topological polar surface area (TPSA) is 56.1 Å². The molecule has 0 aliphatic carbocycles. The van der Waals surface area contributed by atoms with Crippen LogP contribution in [0.2, 0.25) is 5.02 Å². The molecule has 0 aliphatic heterocycles. The second-order valence-corrected chi connectivity index (χ2v) is 8.75. The van der Waals surface area contributed by atoms with Crippen LogP contribution in [0.15, 0.2) is 54.0 Å². The van der Waals surface area contributed by atoms with Gasteiger partial charge in [-0.25, -0.2) is 4.98 Å². The first-order valence-electron chi connectivity index (χ1n) is 9.65. The van der Waals surface area contributed by atoms with Crippen molar-refractivity contribution in [3.63, 3.8) is 0 Å². The van der Waals surface area contributed by atoms with Gasteiger partial charge in [-0.2, -0.15) is 0 Å². The minimum Gasteiger partial charge on any atom is -0.497 e. The van der Waals surface area contributed by atoms with Gasteiger partial charge in [0.05, 0.1) is 12.6 Å². The fourth-order valence-electron chi connectivity index (χ4n) is 3.39. The van der Waals surface area contributed by atoms with E-state index >= 15 is 0 Å². The summed E-state index contributed by atoms with van der Waals surface area (Å²) in [5, 5.41) is 7.34. The molecule has 1 amide bonds. The van der Waals surface area contributed by atoms with E-state index in [4.69, 9.17) is 16.3 Å². The van der Waals surface area contributed by atoms with E-state index in [1.807, 2.05) is 22.1 Å². The molecule has 0 fully saturated rings. The van der Waals surface area contributed by atoms with Gasteiger partial charge in [-0.3, -0.25) is 9.36 Å². The lowest BCUT2D eigenvalue weighted by molar-refractivity contribution is 0.102. The number of hydrogen-bond donors (Lipinski definition) is 1. The van der Waals surface area contributed by atoms with Crippen LogP contribution in [0.4, 0.5) is 5.82 Å². The van der Waals surface area contributed by atoms with E-state index in [9.17, 15) is 4.79 Å². The highest BCUT2D eigenvalue weighted by Crippen LogP contribution is 2.31. The molecule has 5 nitrogen and oxygen atoms in total. The molecular weight excluding hydrogens is 418 g/mol. The number of nitrogens with one attached hydrogen (secondary N) is 1. The summed E-state index contributed by atoms with van der Waals surface area (Å²) in [5.41, 5.74) is 2.82. The Morgan fingerprint density at radius 2 is 2.00 bits per heavy atom. The molecule has 0 saturated carbocycles. The van der Waals surface area contributed by atoms with Gasteiger partial charge in [0.1, 0.15) is 11.6 Å². The first kappa shape index (κ1) is 20.4. The second-order valence-electron chi connectivity index (χ2n) is 7.48. The largest absolute Gasteiger partial charge is 0.497 e. The van der Waals surface area contributed by atoms with Crippen LogP contribution in [0.3, 0.4) is 0 Å². The van der Waals surface area contributed by atoms with Crippen molar-refractivity contribution in [2.45, 2.75) is 20.3 Å². The highest BCUT2D eigenvalue weighted by Gasteiger charge is 2.15. The lowest BCUT2D eigenvalue weighted by Crippen LogP contribution is -2.12. The number of benzene rings is 2. The molecule has 1 N–H and O–H groups in total. The third kappa shape index (κ3) is 4.20. The van der Waals surface area contributed by atoms with E-state index < -0.39 is 0 Å². The van der Waals surface area contributed by atoms with E-state index in [0.717, 1.165) is 17.1 Å². The third-order valence-electron chi connectivity index (χ3n) is 4.77. The van der Waals surface area contributed by atoms with E-state index in [-0.39, 0.29) is 5.91 Å². The molecule has 7 heteroatoms. The van der Waals surface area contributed by atoms with Crippen LogP contribution in [-0.4, -0.2) is 22.6 Å². The Morgan fingerprint density at radius 1 is 1.23 bits per heavy atom. The first-order valence-corrected chi connectivity index (χ1v) is 10.9. The summed E-state index contributed by atoms with van der Waals surface area (Å²) in [7, 11) is 1.59. The Balaban J connectivity index is 1.62. The summed E-state index contributed by atoms with van der Waals surface area (Å²) in [6, 6.07) is 12.9. The Morgan fingerprint density at radius 3 is 2.70 bits per heavy atom. The van der Waals surface area contributed by atoms with Crippen molar-refractivity contribution in [2.75, 3.05) is 12.4 Å². The van der Waals surface area contributed by atoms with Gasteiger partial charge >= 0.3 is 0 Å². The van der Waals surface area contributed by atoms with E-state index in [0.29, 0.717) is 28.1 Å². The number of thiazole rings is 1. The van der Waals surface area contributed by atoms with E-state index in [1.54, 1.807) is 31.4 Å². The average Bonchev–Trinajstić information content (AvgIpc) is 3.32. The number of methoxy groups -OCH3 is 1. The van der Waals surface area contributed by atoms with Crippen LogP contribution in [0.1, 0.15) is 29.8 Å². The van der Waals surface area contributed by atoms with Crippen molar-refractivity contribution >= 4 is 45.6 Å². The maximum atomic E-state index is 12.5. The highest BCUT2D eigenvalue weighted by molar-refractivity contribution is 7.12. The lowest BCUT2D eigenvalue weighted by Gasteiger charge is -2.04. The number of halogens is 1. The molecule has 0 atom stereocenters. The molecule has 2 aromatic heterocycles. The Labute approximate surface area is 184 Å². The standard InChI is InChI=1S/C23H22ClN3O2S/c1-14(2)10-16-12-27(20-11-17(24)6-9-19(16)20)23-26-21(13-30-23)25-22(28)15-4-7-18(29-3)8-5-15/h4-9,11-14H,10H2,1-3H3,(H,25,28). The Kier molecular flexibility index (Phi) is 5.79. The molecule has 4 rings (SSSR count). The first-order chi connectivity index (χ1) is 14.4. The van der Waals surface area contributed by atoms with Crippen molar-refractivity contribution in [3.8, 4) is 10.9 Å². The van der Waals surface area contributed by atoms with Crippen LogP contribution in [0.5, 0.6) is 5.75 Å². The SMILES string of the molecule is COc1ccc(C(=O)Nc2csc(-n3cc(CC(C)C)c4ccc(Cl)cc43)n2)cc1. The van der Waals surface area contributed by atoms with E-state index in [1.165, 1.54) is 22.3 Å². The molecule has 0 radical (unpaired) electrons. The fourth-order valence-corrected chi connectivity index (χ4v) is 4.31. The number of fused-ring (bicyclic) bond motifs is 1. The number of carbonyl (C=O) groups excluding carboxylic acids is 1. The van der Waals surface area contributed by atoms with Crippen molar-refractivity contribution in [1.82, 2.24) is 9.55 Å². The molecule has 4 aromatic rings. The molecule has 0 aliphatic rings. The number of aromatic nitrogens is 2. The molecule has 154 valence electrons. The average molecular weight is 440 g/mol. The summed E-state index contributed by atoms with van der Waals surface area (Å²) in [6.45, 7) is 4.41. The summed E-state index contributed by atoms with van der Waals surface area (Å²) >= 11 is 7.73. The van der Waals surface area contributed by atoms with Gasteiger partial charge in [0, 0.05) is 27.5 Å². The molecule has 0 bridgehead atoms. The summed E-state index contributed by atoms with van der Waals surface area (Å²) in [5.74, 6) is 1.55. The molecule has 2 heterocycles. The fraction of sp³-hybridized carbons (Fsp3) is 0.217. The van der Waals surface area contributed by atoms with Gasteiger partial charge in [0.15, 0.2) is 5.13 Å². The van der Waals surface area contributed by atoms with Crippen LogP contribution < -0.4 is 10.1 Å². The van der Waals surface area contributed by atoms with Gasteiger partial charge in [-0.1, -0.05) is 31.5 Å². The van der Waals surface area contributed by atoms with Gasteiger partial charge < -0.3 is 10.1 Å². The van der Waals surface area contributed by atoms with Crippen molar-refractivity contribution in [3.05, 3.63) is 70.2 Å². The molecule has 30 heavy (non-hydrogen) atoms. The highest BCUT2D eigenvalue weighted by atomic mass is 35.5. The number of anilines is 1. The van der Waals surface area contributed by atoms with Crippen LogP contribution in [-0.2, 0) is 6.42 Å². The summed E-state index contributed by atoms with van der Waals surface area (Å²) in [4.78, 5) is 17.2. The number of amides is 1. The second kappa shape index (κ2) is 8.50. The zero-order valence-corrected chi connectivity index (χ0v) is 18.6. The zero-order chi connectivity index (χ0) is 21.3. The maximum absolute atomic E-state index is 12.5. The minimum atomic E-state index is -0.213. The number of nitrogens with zero attached hydrogens (tertiary/aromatic N) is 2. The molecular formula is C23H22ClN3O2S. The quantitative estimate of drug-likeness (QED) is 0.389. The number of ether oxygens (including phenoxy) is 1. The third-order valence-corrected chi connectivity index (χ3v) is 5.85. The molecule has 2 aromatic carbocycles. The van der Waals surface area contributed by atoms with Gasteiger partial charge in [0.25, 0.3) is 5.91 Å².